The van der Waals surface area contributed by atoms with Crippen LogP contribution >= 0.6 is 11.3 Å². The van der Waals surface area contributed by atoms with E-state index >= 15 is 0 Å². The first-order valence-electron chi connectivity index (χ1n) is 18.5. The summed E-state index contributed by atoms with van der Waals surface area (Å²) in [5.41, 5.74) is 3.20. The van der Waals surface area contributed by atoms with Gasteiger partial charge >= 0.3 is 5.69 Å². The monoisotopic (exact) mass is 721 g/mol. The second-order valence-corrected chi connectivity index (χ2v) is 15.6. The van der Waals surface area contributed by atoms with Crippen molar-refractivity contribution in [2.75, 3.05) is 26.2 Å². The van der Waals surface area contributed by atoms with Gasteiger partial charge in [0.1, 0.15) is 11.5 Å². The second-order valence-electron chi connectivity index (χ2n) is 14.5. The van der Waals surface area contributed by atoms with E-state index < -0.39 is 23.1 Å². The Morgan fingerprint density at radius 3 is 2.37 bits per heavy atom. The van der Waals surface area contributed by atoms with Gasteiger partial charge in [-0.1, -0.05) is 36.4 Å². The molecule has 0 bridgehead atoms. The average molecular weight is 722 g/mol. The number of nitrogens with one attached hydrogen (secondary N) is 1. The molecule has 12 heteroatoms. The molecule has 2 aromatic carbocycles. The van der Waals surface area contributed by atoms with Crippen LogP contribution in [0.2, 0.25) is 0 Å². The number of carbonyl (C=O) groups excluding carboxylic acids is 1. The molecule has 1 amide bonds. The lowest BCUT2D eigenvalue weighted by molar-refractivity contribution is 0.0917. The van der Waals surface area contributed by atoms with Gasteiger partial charge in [0.15, 0.2) is 5.65 Å². The number of amides is 1. The van der Waals surface area contributed by atoms with E-state index in [1.165, 1.54) is 64.8 Å². The van der Waals surface area contributed by atoms with Crippen molar-refractivity contribution >= 4 is 28.3 Å². The normalized spacial score (nSPS) is 20.4. The van der Waals surface area contributed by atoms with Crippen LogP contribution in [0, 0.1) is 12.7 Å². The maximum Gasteiger partial charge on any atom is 0.337 e. The summed E-state index contributed by atoms with van der Waals surface area (Å²) in [5, 5.41) is 5.66. The van der Waals surface area contributed by atoms with Crippen LogP contribution in [0.1, 0.15) is 78.5 Å². The van der Waals surface area contributed by atoms with Crippen molar-refractivity contribution < 1.29 is 9.18 Å². The van der Waals surface area contributed by atoms with Crippen molar-refractivity contribution in [3.63, 3.8) is 0 Å². The Bertz CT molecular complexity index is 2190. The Morgan fingerprint density at radius 1 is 0.904 bits per heavy atom. The number of hydrogen-bond acceptors (Lipinski definition) is 8. The molecule has 5 heterocycles. The number of aromatic nitrogens is 4. The van der Waals surface area contributed by atoms with Gasteiger partial charge in [0.25, 0.3) is 11.5 Å². The summed E-state index contributed by atoms with van der Waals surface area (Å²) < 4.78 is 17.2. The Hall–Kier alpha value is -4.52. The number of benzene rings is 2. The summed E-state index contributed by atoms with van der Waals surface area (Å²) >= 11 is 1.42. The number of aryl methyl sites for hydroxylation is 1. The summed E-state index contributed by atoms with van der Waals surface area (Å²) in [6.07, 6.45) is 8.39. The Kier molecular flexibility index (Phi) is 9.86. The van der Waals surface area contributed by atoms with Crippen LogP contribution in [0.4, 0.5) is 4.39 Å². The Balaban J connectivity index is 1.02. The minimum absolute atomic E-state index is 0.0492. The third-order valence-electron chi connectivity index (χ3n) is 11.2. The molecule has 5 aromatic rings. The Labute approximate surface area is 305 Å². The van der Waals surface area contributed by atoms with Gasteiger partial charge in [-0.15, -0.1) is 11.3 Å². The Morgan fingerprint density at radius 2 is 1.65 bits per heavy atom. The molecule has 1 aliphatic carbocycles. The highest BCUT2D eigenvalue weighted by Crippen LogP contribution is 2.29. The minimum atomic E-state index is -0.644. The van der Waals surface area contributed by atoms with Gasteiger partial charge in [-0.25, -0.2) is 23.7 Å². The van der Waals surface area contributed by atoms with Crippen LogP contribution in [0.5, 0.6) is 0 Å². The van der Waals surface area contributed by atoms with Crippen molar-refractivity contribution in [2.45, 2.75) is 83.0 Å². The first-order valence-corrected chi connectivity index (χ1v) is 19.4. The molecule has 1 saturated carbocycles. The van der Waals surface area contributed by atoms with Gasteiger partial charge in [-0.3, -0.25) is 19.1 Å². The van der Waals surface area contributed by atoms with Crippen molar-refractivity contribution in [3.05, 3.63) is 109 Å². The molecular weight excluding hydrogens is 678 g/mol. The SMILES string of the molecule is Cc1nc(C(=O)NC2CCC(n3c(=O)c4cc(F)cnc4n(-c4cccc(-c5ccc(CN6CCC(N7CCCC7)CC6)cc5)c4)c3=O)CC2)cs1. The maximum atomic E-state index is 14.5. The summed E-state index contributed by atoms with van der Waals surface area (Å²) in [5.74, 6) is -0.864. The van der Waals surface area contributed by atoms with Gasteiger partial charge in [0.05, 0.1) is 22.3 Å². The molecule has 3 fully saturated rings. The van der Waals surface area contributed by atoms with Crippen LogP contribution in [0.25, 0.3) is 27.8 Å². The molecule has 10 nitrogen and oxygen atoms in total. The molecule has 1 N–H and O–H groups in total. The lowest BCUT2D eigenvalue weighted by Crippen LogP contribution is -2.45. The zero-order chi connectivity index (χ0) is 35.8. The molecule has 8 rings (SSSR count). The van der Waals surface area contributed by atoms with Crippen molar-refractivity contribution in [1.82, 2.24) is 34.2 Å². The molecule has 3 aliphatic rings. The average Bonchev–Trinajstić information content (AvgIpc) is 3.86. The highest BCUT2D eigenvalue weighted by Gasteiger charge is 2.29. The number of piperidine rings is 1. The van der Waals surface area contributed by atoms with E-state index in [1.807, 2.05) is 31.2 Å². The van der Waals surface area contributed by atoms with Crippen LogP contribution in [-0.2, 0) is 6.54 Å². The molecule has 2 aliphatic heterocycles. The van der Waals surface area contributed by atoms with Crippen molar-refractivity contribution in [2.24, 2.45) is 0 Å². The van der Waals surface area contributed by atoms with Gasteiger partial charge in [-0.2, -0.15) is 0 Å². The number of thiazole rings is 1. The number of carbonyl (C=O) groups is 1. The minimum Gasteiger partial charge on any atom is -0.348 e. The fraction of sp³-hybridized carbons (Fsp3) is 0.425. The molecule has 0 radical (unpaired) electrons. The second kappa shape index (κ2) is 14.8. The van der Waals surface area contributed by atoms with Crippen LogP contribution in [0.15, 0.2) is 75.8 Å². The van der Waals surface area contributed by atoms with Crippen molar-refractivity contribution in [1.29, 1.82) is 0 Å². The lowest BCUT2D eigenvalue weighted by atomic mass is 9.90. The summed E-state index contributed by atoms with van der Waals surface area (Å²) in [6, 6.07) is 17.6. The molecule has 3 aromatic heterocycles. The number of pyridine rings is 1. The predicted molar refractivity (Wildman–Crippen MR) is 202 cm³/mol. The van der Waals surface area contributed by atoms with Gasteiger partial charge in [0.2, 0.25) is 0 Å². The first kappa shape index (κ1) is 34.6. The topological polar surface area (TPSA) is 105 Å². The largest absolute Gasteiger partial charge is 0.348 e. The summed E-state index contributed by atoms with van der Waals surface area (Å²) in [7, 11) is 0. The highest BCUT2D eigenvalue weighted by atomic mass is 32.1. The highest BCUT2D eigenvalue weighted by molar-refractivity contribution is 7.09. The van der Waals surface area contributed by atoms with Crippen LogP contribution < -0.4 is 16.6 Å². The lowest BCUT2D eigenvalue weighted by Gasteiger charge is -2.36. The third-order valence-corrected chi connectivity index (χ3v) is 11.9. The van der Waals surface area contributed by atoms with Gasteiger partial charge in [0, 0.05) is 30.1 Å². The molecule has 270 valence electrons. The summed E-state index contributed by atoms with van der Waals surface area (Å²) in [6.45, 7) is 7.55. The summed E-state index contributed by atoms with van der Waals surface area (Å²) in [4.78, 5) is 54.6. The number of halogens is 1. The zero-order valence-electron chi connectivity index (χ0n) is 29.5. The number of hydrogen-bond donors (Lipinski definition) is 1. The van der Waals surface area contributed by atoms with Gasteiger partial charge in [-0.05, 0) is 119 Å². The smallest absolute Gasteiger partial charge is 0.337 e. The third kappa shape index (κ3) is 7.11. The molecule has 2 saturated heterocycles. The van der Waals surface area contributed by atoms with E-state index in [0.717, 1.165) is 54.1 Å². The number of rotatable bonds is 8. The van der Waals surface area contributed by atoms with E-state index in [-0.39, 0.29) is 23.0 Å². The van der Waals surface area contributed by atoms with Gasteiger partial charge < -0.3 is 10.2 Å². The van der Waals surface area contributed by atoms with E-state index in [0.29, 0.717) is 37.1 Å². The zero-order valence-corrected chi connectivity index (χ0v) is 30.3. The number of likely N-dealkylation sites (tertiary alicyclic amines) is 2. The van der Waals surface area contributed by atoms with E-state index in [1.54, 1.807) is 5.38 Å². The quantitative estimate of drug-likeness (QED) is 0.207. The maximum absolute atomic E-state index is 14.5. The van der Waals surface area contributed by atoms with Crippen LogP contribution in [-0.4, -0.2) is 73.1 Å². The molecule has 0 spiro atoms. The van der Waals surface area contributed by atoms with E-state index in [4.69, 9.17) is 0 Å². The van der Waals surface area contributed by atoms with Crippen molar-refractivity contribution in [3.8, 4) is 16.8 Å². The van der Waals surface area contributed by atoms with E-state index in [9.17, 15) is 18.8 Å². The number of nitrogens with zero attached hydrogens (tertiary/aromatic N) is 6. The van der Waals surface area contributed by atoms with E-state index in [2.05, 4.69) is 49.4 Å². The fourth-order valence-corrected chi connectivity index (χ4v) is 8.97. The first-order chi connectivity index (χ1) is 25.3. The van der Waals surface area contributed by atoms with Crippen LogP contribution in [0.3, 0.4) is 0 Å². The standard InChI is InChI=1S/C40H44FN7O3S/c1-26-43-36(25-52-26)38(49)44-31-11-13-33(14-12-31)48-39(50)35-22-30(41)23-42-37(35)47(40(48)51)34-6-4-5-29(21-34)28-9-7-27(8-10-28)24-45-19-15-32(16-20-45)46-17-2-3-18-46/h4-10,21-23,25,31-33H,2-3,11-20,24H2,1H3,(H,44,49). The molecule has 0 atom stereocenters. The molecular formula is C40H44FN7O3S. The number of fused-ring (bicyclic) bond motifs is 1. The predicted octanol–water partition coefficient (Wildman–Crippen LogP) is 6.09. The molecule has 0 unspecified atom stereocenters. The molecule has 52 heavy (non-hydrogen) atoms. The fourth-order valence-electron chi connectivity index (χ4n) is 8.38.